The van der Waals surface area contributed by atoms with E-state index in [9.17, 15) is 19.2 Å². The van der Waals surface area contributed by atoms with Crippen LogP contribution in [0.25, 0.3) is 0 Å². The van der Waals surface area contributed by atoms with Crippen LogP contribution < -0.4 is 0 Å². The Morgan fingerprint density at radius 2 is 0.607 bits per heavy atom. The molecular formula is C16H26Na4O8. The Morgan fingerprint density at radius 1 is 0.429 bits per heavy atom. The van der Waals surface area contributed by atoms with Crippen molar-refractivity contribution in [1.82, 2.24) is 0 Å². The van der Waals surface area contributed by atoms with Gasteiger partial charge in [-0.15, -0.1) is 0 Å². The first kappa shape index (κ1) is 40.3. The van der Waals surface area contributed by atoms with Crippen molar-refractivity contribution in [2.45, 2.75) is 64.2 Å². The molecule has 4 N–H and O–H groups in total. The second-order valence-electron chi connectivity index (χ2n) is 5.86. The molecule has 0 saturated heterocycles. The topological polar surface area (TPSA) is 149 Å². The Balaban J connectivity index is -0.000000441. The first-order valence-corrected chi connectivity index (χ1v) is 8.18. The summed E-state index contributed by atoms with van der Waals surface area (Å²) in [7, 11) is 0. The molecule has 12 heteroatoms. The molecule has 0 aromatic rings. The van der Waals surface area contributed by atoms with Gasteiger partial charge in [0.15, 0.2) is 11.8 Å². The third-order valence-electron chi connectivity index (χ3n) is 3.93. The van der Waals surface area contributed by atoms with E-state index >= 15 is 0 Å². The molecule has 0 bridgehead atoms. The zero-order valence-electron chi connectivity index (χ0n) is 17.6. The summed E-state index contributed by atoms with van der Waals surface area (Å²) < 4.78 is 0. The molecular weight excluding hydrogens is 412 g/mol. The molecule has 28 heavy (non-hydrogen) atoms. The summed E-state index contributed by atoms with van der Waals surface area (Å²) in [5.74, 6) is -7.87. The van der Waals surface area contributed by atoms with Gasteiger partial charge in [0.25, 0.3) is 0 Å². The maximum atomic E-state index is 10.7. The van der Waals surface area contributed by atoms with E-state index in [0.29, 0.717) is 12.8 Å². The Kier molecular flexibility index (Phi) is 36.2. The van der Waals surface area contributed by atoms with Crippen molar-refractivity contribution in [2.24, 2.45) is 11.8 Å². The maximum absolute atomic E-state index is 10.7. The average Bonchev–Trinajstić information content (AvgIpc) is 2.46. The minimum atomic E-state index is -1.33. The molecule has 0 unspecified atom stereocenters. The van der Waals surface area contributed by atoms with E-state index in [4.69, 9.17) is 20.4 Å². The molecule has 0 aliphatic carbocycles. The van der Waals surface area contributed by atoms with Gasteiger partial charge >= 0.3 is 23.9 Å². The molecule has 0 aliphatic heterocycles. The van der Waals surface area contributed by atoms with Gasteiger partial charge in [-0.05, 0) is 12.8 Å². The summed E-state index contributed by atoms with van der Waals surface area (Å²) in [5.41, 5.74) is 0. The van der Waals surface area contributed by atoms with Crippen LogP contribution in [0.2, 0.25) is 0 Å². The van der Waals surface area contributed by atoms with Gasteiger partial charge < -0.3 is 20.4 Å². The van der Waals surface area contributed by atoms with E-state index in [-0.39, 0.29) is 131 Å². The fourth-order valence-electron chi connectivity index (χ4n) is 2.46. The number of aliphatic carboxylic acids is 4. The number of carbonyl (C=O) groups is 4. The fourth-order valence-corrected chi connectivity index (χ4v) is 2.46. The van der Waals surface area contributed by atoms with Crippen LogP contribution in [0.5, 0.6) is 0 Å². The molecule has 0 aliphatic rings. The summed E-state index contributed by atoms with van der Waals surface area (Å²) in [5, 5.41) is 34.9. The van der Waals surface area contributed by atoms with Crippen molar-refractivity contribution in [2.75, 3.05) is 0 Å². The van der Waals surface area contributed by atoms with E-state index in [1.54, 1.807) is 0 Å². The van der Waals surface area contributed by atoms with Crippen LogP contribution in [0.4, 0.5) is 0 Å². The monoisotopic (exact) mass is 438 g/mol. The zero-order valence-corrected chi connectivity index (χ0v) is 25.6. The smallest absolute Gasteiger partial charge is 0.317 e. The third-order valence-corrected chi connectivity index (χ3v) is 3.93. The SMILES string of the molecule is O=C(O)C(CCCCCCCCCCC(C(=O)O)C(=O)O)C(=O)O.[Na].[Na].[Na].[Na]. The van der Waals surface area contributed by atoms with Crippen molar-refractivity contribution in [3.8, 4) is 0 Å². The van der Waals surface area contributed by atoms with Crippen LogP contribution in [0, 0.1) is 11.8 Å². The van der Waals surface area contributed by atoms with Crippen molar-refractivity contribution in [3.05, 3.63) is 0 Å². The van der Waals surface area contributed by atoms with Crippen LogP contribution in [0.3, 0.4) is 0 Å². The van der Waals surface area contributed by atoms with Crippen LogP contribution in [0.1, 0.15) is 64.2 Å². The maximum Gasteiger partial charge on any atom is 0.317 e. The molecule has 0 aromatic heterocycles. The van der Waals surface area contributed by atoms with Crippen LogP contribution in [-0.2, 0) is 19.2 Å². The van der Waals surface area contributed by atoms with Crippen molar-refractivity contribution in [1.29, 1.82) is 0 Å². The van der Waals surface area contributed by atoms with Gasteiger partial charge in [0.2, 0.25) is 0 Å². The van der Waals surface area contributed by atoms with Gasteiger partial charge in [0.05, 0.1) is 0 Å². The molecule has 0 spiro atoms. The summed E-state index contributed by atoms with van der Waals surface area (Å²) in [4.78, 5) is 42.7. The molecule has 0 saturated carbocycles. The molecule has 0 fully saturated rings. The van der Waals surface area contributed by atoms with Gasteiger partial charge in [0, 0.05) is 118 Å². The van der Waals surface area contributed by atoms with Gasteiger partial charge in [-0.25, -0.2) is 0 Å². The van der Waals surface area contributed by atoms with Crippen LogP contribution in [0.15, 0.2) is 0 Å². The quantitative estimate of drug-likeness (QED) is 0.168. The molecule has 4 radical (unpaired) electrons. The minimum Gasteiger partial charge on any atom is -0.481 e. The molecule has 0 rings (SSSR count). The predicted molar refractivity (Wildman–Crippen MR) is 107 cm³/mol. The number of rotatable bonds is 15. The van der Waals surface area contributed by atoms with E-state index in [2.05, 4.69) is 0 Å². The Bertz CT molecular complexity index is 380. The first-order valence-electron chi connectivity index (χ1n) is 8.18. The van der Waals surface area contributed by atoms with Crippen LogP contribution in [-0.4, -0.2) is 163 Å². The summed E-state index contributed by atoms with van der Waals surface area (Å²) in [6.07, 6.45) is 6.58. The number of unbranched alkanes of at least 4 members (excludes halogenated alkanes) is 7. The second-order valence-corrected chi connectivity index (χ2v) is 5.86. The van der Waals surface area contributed by atoms with E-state index in [1.165, 1.54) is 0 Å². The van der Waals surface area contributed by atoms with Crippen molar-refractivity contribution < 1.29 is 39.6 Å². The molecule has 0 amide bonds. The van der Waals surface area contributed by atoms with Gasteiger partial charge in [-0.3, -0.25) is 19.2 Å². The molecule has 142 valence electrons. The predicted octanol–water partition coefficient (Wildman–Crippen LogP) is 0.935. The van der Waals surface area contributed by atoms with Gasteiger partial charge in [-0.1, -0.05) is 51.4 Å². The summed E-state index contributed by atoms with van der Waals surface area (Å²) >= 11 is 0. The van der Waals surface area contributed by atoms with Crippen molar-refractivity contribution >= 4 is 142 Å². The number of carboxylic acids is 4. The van der Waals surface area contributed by atoms with E-state index < -0.39 is 35.7 Å². The van der Waals surface area contributed by atoms with Gasteiger partial charge in [0.1, 0.15) is 0 Å². The molecule has 0 heterocycles. The Morgan fingerprint density at radius 3 is 0.786 bits per heavy atom. The Hall–Kier alpha value is 1.88. The first-order chi connectivity index (χ1) is 11.3. The average molecular weight is 438 g/mol. The summed E-state index contributed by atoms with van der Waals surface area (Å²) in [6.45, 7) is 0. The molecule has 0 aromatic carbocycles. The standard InChI is InChI=1S/C16H26O8.4Na/c17-13(18)11(14(19)20)9-7-5-3-1-2-4-6-8-10-12(15(21)22)16(23)24;;;;/h11-12H,1-10H2,(H,17,18)(H,19,20)(H,21,22)(H,23,24);;;;. The van der Waals surface area contributed by atoms with Gasteiger partial charge in [-0.2, -0.15) is 0 Å². The normalized spacial score (nSPS) is 9.36. The second kappa shape index (κ2) is 25.1. The minimum absolute atomic E-state index is 0. The summed E-state index contributed by atoms with van der Waals surface area (Å²) in [6, 6.07) is 0. The molecule has 8 nitrogen and oxygen atoms in total. The van der Waals surface area contributed by atoms with Crippen molar-refractivity contribution in [3.63, 3.8) is 0 Å². The fraction of sp³-hybridized carbons (Fsp3) is 0.750. The van der Waals surface area contributed by atoms with E-state index in [1.807, 2.05) is 0 Å². The van der Waals surface area contributed by atoms with Crippen LogP contribution >= 0.6 is 0 Å². The van der Waals surface area contributed by atoms with E-state index in [0.717, 1.165) is 38.5 Å². The largest absolute Gasteiger partial charge is 0.481 e. The third kappa shape index (κ3) is 21.1. The zero-order chi connectivity index (χ0) is 18.5. The molecule has 0 atom stereocenters. The Labute approximate surface area is 254 Å². The number of carboxylic acid groups (broad SMARTS) is 4. The number of hydrogen-bond donors (Lipinski definition) is 4. The number of hydrogen-bond acceptors (Lipinski definition) is 4.